The molecule has 1 N–H and O–H groups in total. The molecule has 1 saturated carbocycles. The third-order valence-corrected chi connectivity index (χ3v) is 4.85. The van der Waals surface area contributed by atoms with Crippen LogP contribution < -0.4 is 0 Å². The predicted octanol–water partition coefficient (Wildman–Crippen LogP) is 3.44. The molecule has 0 bridgehead atoms. The molecular formula is C16H20N4S. The summed E-state index contributed by atoms with van der Waals surface area (Å²) in [5.41, 5.74) is 2.70. The zero-order chi connectivity index (χ0) is 14.8. The van der Waals surface area contributed by atoms with Crippen molar-refractivity contribution in [1.29, 1.82) is 5.26 Å². The molecule has 0 spiro atoms. The monoisotopic (exact) mass is 300 g/mol. The fourth-order valence-electron chi connectivity index (χ4n) is 3.23. The standard InChI is InChI=1S/C16H20N4S/c1-19(13-4-2-3-5-13)8-9-20-15-10-12(11-17)6-7-14(15)18-16(20)21/h6-7,10,13H,2-5,8-9H2,1H3,(H,18,21). The Morgan fingerprint density at radius 3 is 2.90 bits per heavy atom. The van der Waals surface area contributed by atoms with Crippen LogP contribution in [-0.2, 0) is 6.54 Å². The van der Waals surface area contributed by atoms with E-state index in [-0.39, 0.29) is 0 Å². The Morgan fingerprint density at radius 1 is 1.43 bits per heavy atom. The molecule has 0 unspecified atom stereocenters. The molecule has 0 aliphatic heterocycles. The van der Waals surface area contributed by atoms with Crippen molar-refractivity contribution in [2.75, 3.05) is 13.6 Å². The highest BCUT2D eigenvalue weighted by Crippen LogP contribution is 2.22. The number of hydrogen-bond donors (Lipinski definition) is 1. The normalized spacial score (nSPS) is 15.9. The number of H-pyrrole nitrogens is 1. The Morgan fingerprint density at radius 2 is 2.19 bits per heavy atom. The van der Waals surface area contributed by atoms with Crippen LogP contribution in [0.2, 0.25) is 0 Å². The number of rotatable bonds is 4. The zero-order valence-corrected chi connectivity index (χ0v) is 13.1. The fourth-order valence-corrected chi connectivity index (χ4v) is 3.53. The first-order chi connectivity index (χ1) is 10.2. The van der Waals surface area contributed by atoms with Crippen LogP contribution in [-0.4, -0.2) is 34.1 Å². The largest absolute Gasteiger partial charge is 0.331 e. The number of aromatic nitrogens is 2. The van der Waals surface area contributed by atoms with Crippen LogP contribution in [0.1, 0.15) is 31.2 Å². The number of likely N-dealkylation sites (N-methyl/N-ethyl adjacent to an activating group) is 1. The quantitative estimate of drug-likeness (QED) is 0.880. The lowest BCUT2D eigenvalue weighted by Crippen LogP contribution is -2.32. The van der Waals surface area contributed by atoms with Crippen molar-refractivity contribution >= 4 is 23.3 Å². The van der Waals surface area contributed by atoms with Crippen molar-refractivity contribution in [1.82, 2.24) is 14.5 Å². The van der Waals surface area contributed by atoms with E-state index in [2.05, 4.69) is 27.6 Å². The third kappa shape index (κ3) is 2.87. The number of aromatic amines is 1. The average molecular weight is 300 g/mol. The second-order valence-corrected chi connectivity index (χ2v) is 6.23. The molecule has 1 heterocycles. The number of imidazole rings is 1. The Hall–Kier alpha value is -1.64. The van der Waals surface area contributed by atoms with Crippen molar-refractivity contribution in [2.24, 2.45) is 0 Å². The topological polar surface area (TPSA) is 47.8 Å². The van der Waals surface area contributed by atoms with Gasteiger partial charge in [-0.2, -0.15) is 5.26 Å². The second kappa shape index (κ2) is 6.00. The van der Waals surface area contributed by atoms with Crippen molar-refractivity contribution in [3.8, 4) is 6.07 Å². The van der Waals surface area contributed by atoms with Crippen molar-refractivity contribution in [3.63, 3.8) is 0 Å². The van der Waals surface area contributed by atoms with Gasteiger partial charge in [-0.3, -0.25) is 0 Å². The van der Waals surface area contributed by atoms with Crippen molar-refractivity contribution < 1.29 is 0 Å². The number of hydrogen-bond acceptors (Lipinski definition) is 3. The van der Waals surface area contributed by atoms with E-state index in [0.717, 1.165) is 34.9 Å². The summed E-state index contributed by atoms with van der Waals surface area (Å²) in [6.07, 6.45) is 5.34. The molecule has 0 atom stereocenters. The molecule has 3 rings (SSSR count). The van der Waals surface area contributed by atoms with Gasteiger partial charge in [-0.1, -0.05) is 12.8 Å². The van der Waals surface area contributed by atoms with Crippen LogP contribution in [0.3, 0.4) is 0 Å². The number of nitrogens with one attached hydrogen (secondary N) is 1. The average Bonchev–Trinajstić information content (AvgIpc) is 3.11. The SMILES string of the molecule is CN(CCn1c(=S)[nH]c2ccc(C#N)cc21)C1CCCC1. The highest BCUT2D eigenvalue weighted by molar-refractivity contribution is 7.71. The first-order valence-electron chi connectivity index (χ1n) is 7.52. The highest BCUT2D eigenvalue weighted by Gasteiger charge is 2.19. The van der Waals surface area contributed by atoms with Gasteiger partial charge in [0.25, 0.3) is 0 Å². The summed E-state index contributed by atoms with van der Waals surface area (Å²) in [6.45, 7) is 1.85. The molecule has 110 valence electrons. The number of benzene rings is 1. The van der Waals surface area contributed by atoms with E-state index >= 15 is 0 Å². The molecule has 1 aromatic carbocycles. The van der Waals surface area contributed by atoms with E-state index in [1.54, 1.807) is 0 Å². The fraction of sp³-hybridized carbons (Fsp3) is 0.500. The highest BCUT2D eigenvalue weighted by atomic mass is 32.1. The molecule has 2 aromatic rings. The molecule has 5 heteroatoms. The lowest BCUT2D eigenvalue weighted by atomic mass is 10.2. The van der Waals surface area contributed by atoms with Crippen LogP contribution >= 0.6 is 12.2 Å². The molecular weight excluding hydrogens is 280 g/mol. The van der Waals surface area contributed by atoms with Gasteiger partial charge < -0.3 is 14.5 Å². The minimum atomic E-state index is 0.675. The summed E-state index contributed by atoms with van der Waals surface area (Å²) in [7, 11) is 2.20. The Labute approximate surface area is 130 Å². The smallest absolute Gasteiger partial charge is 0.178 e. The lowest BCUT2D eigenvalue weighted by molar-refractivity contribution is 0.237. The predicted molar refractivity (Wildman–Crippen MR) is 86.7 cm³/mol. The van der Waals surface area contributed by atoms with Crippen LogP contribution in [0.25, 0.3) is 11.0 Å². The number of nitrogens with zero attached hydrogens (tertiary/aromatic N) is 3. The van der Waals surface area contributed by atoms with Crippen molar-refractivity contribution in [2.45, 2.75) is 38.3 Å². The number of fused-ring (bicyclic) bond motifs is 1. The van der Waals surface area contributed by atoms with Gasteiger partial charge >= 0.3 is 0 Å². The van der Waals surface area contributed by atoms with Crippen LogP contribution in [0.4, 0.5) is 0 Å². The van der Waals surface area contributed by atoms with Gasteiger partial charge in [-0.25, -0.2) is 0 Å². The summed E-state index contributed by atoms with van der Waals surface area (Å²) < 4.78 is 2.84. The number of nitriles is 1. The first-order valence-corrected chi connectivity index (χ1v) is 7.93. The summed E-state index contributed by atoms with van der Waals surface area (Å²) in [6, 6.07) is 8.58. The van der Waals surface area contributed by atoms with Crippen LogP contribution in [0, 0.1) is 16.1 Å². The summed E-state index contributed by atoms with van der Waals surface area (Å²) in [5.74, 6) is 0. The third-order valence-electron chi connectivity index (χ3n) is 4.53. The molecule has 4 nitrogen and oxygen atoms in total. The van der Waals surface area contributed by atoms with Gasteiger partial charge in [-0.05, 0) is 50.3 Å². The Kier molecular flexibility index (Phi) is 4.09. The minimum Gasteiger partial charge on any atom is -0.331 e. The van der Waals surface area contributed by atoms with Crippen LogP contribution in [0.15, 0.2) is 18.2 Å². The zero-order valence-electron chi connectivity index (χ0n) is 12.3. The first kappa shape index (κ1) is 14.3. The van der Waals surface area contributed by atoms with E-state index < -0.39 is 0 Å². The van der Waals surface area contributed by atoms with Crippen LogP contribution in [0.5, 0.6) is 0 Å². The maximum absolute atomic E-state index is 9.05. The molecule has 0 saturated heterocycles. The minimum absolute atomic E-state index is 0.675. The second-order valence-electron chi connectivity index (χ2n) is 5.84. The summed E-state index contributed by atoms with van der Waals surface area (Å²) in [5, 5.41) is 9.05. The molecule has 1 aromatic heterocycles. The van der Waals surface area contributed by atoms with E-state index in [1.807, 2.05) is 18.2 Å². The molecule has 21 heavy (non-hydrogen) atoms. The lowest BCUT2D eigenvalue weighted by Gasteiger charge is -2.24. The van der Waals surface area contributed by atoms with E-state index in [4.69, 9.17) is 17.5 Å². The van der Waals surface area contributed by atoms with Gasteiger partial charge in [0.05, 0.1) is 22.7 Å². The van der Waals surface area contributed by atoms with Gasteiger partial charge in [-0.15, -0.1) is 0 Å². The molecule has 0 amide bonds. The van der Waals surface area contributed by atoms with Gasteiger partial charge in [0, 0.05) is 19.1 Å². The summed E-state index contributed by atoms with van der Waals surface area (Å²) in [4.78, 5) is 5.67. The van der Waals surface area contributed by atoms with Gasteiger partial charge in [0.2, 0.25) is 0 Å². The van der Waals surface area contributed by atoms with E-state index in [9.17, 15) is 0 Å². The molecule has 1 aliphatic rings. The molecule has 0 radical (unpaired) electrons. The Balaban J connectivity index is 1.81. The maximum Gasteiger partial charge on any atom is 0.178 e. The molecule has 1 aliphatic carbocycles. The Bertz CT molecular complexity index is 731. The van der Waals surface area contributed by atoms with E-state index in [1.165, 1.54) is 25.7 Å². The summed E-state index contributed by atoms with van der Waals surface area (Å²) >= 11 is 5.43. The van der Waals surface area contributed by atoms with E-state index in [0.29, 0.717) is 5.56 Å². The van der Waals surface area contributed by atoms with Gasteiger partial charge in [0.15, 0.2) is 4.77 Å². The van der Waals surface area contributed by atoms with Crippen molar-refractivity contribution in [3.05, 3.63) is 28.5 Å². The maximum atomic E-state index is 9.05. The molecule has 1 fully saturated rings. The van der Waals surface area contributed by atoms with Gasteiger partial charge in [0.1, 0.15) is 0 Å².